The van der Waals surface area contributed by atoms with E-state index in [1.807, 2.05) is 18.7 Å². The topological polar surface area (TPSA) is 132 Å². The summed E-state index contributed by atoms with van der Waals surface area (Å²) in [5, 5.41) is 3.74. The van der Waals surface area contributed by atoms with Crippen molar-refractivity contribution in [1.29, 1.82) is 0 Å². The number of alkyl halides is 3. The van der Waals surface area contributed by atoms with Crippen molar-refractivity contribution >= 4 is 27.4 Å². The Bertz CT molecular complexity index is 1450. The van der Waals surface area contributed by atoms with Crippen molar-refractivity contribution in [2.24, 2.45) is 5.92 Å². The van der Waals surface area contributed by atoms with Crippen LogP contribution in [-0.2, 0) is 20.8 Å². The number of sulfone groups is 1. The first kappa shape index (κ1) is 28.3. The number of hydrogen-bond acceptors (Lipinski definition) is 11. The summed E-state index contributed by atoms with van der Waals surface area (Å²) in [6, 6.07) is 4.53. The Morgan fingerprint density at radius 1 is 1.23 bits per heavy atom. The molecule has 39 heavy (non-hydrogen) atoms. The first-order chi connectivity index (χ1) is 18.3. The van der Waals surface area contributed by atoms with Gasteiger partial charge in [-0.3, -0.25) is 0 Å². The molecular formula is C24H27F3N6O5S. The summed E-state index contributed by atoms with van der Waals surface area (Å²) in [6.45, 7) is 6.18. The lowest BCUT2D eigenvalue weighted by molar-refractivity contribution is -0.141. The molecule has 15 heteroatoms. The molecule has 0 saturated carbocycles. The van der Waals surface area contributed by atoms with Gasteiger partial charge < -0.3 is 19.1 Å². The number of carbonyl (C=O) groups is 1. The number of carbonyl (C=O) groups excluding carboxylic acids is 1. The van der Waals surface area contributed by atoms with Crippen LogP contribution in [0.4, 0.5) is 24.8 Å². The third kappa shape index (κ3) is 5.97. The third-order valence-corrected chi connectivity index (χ3v) is 7.45. The maximum absolute atomic E-state index is 13.8. The SMILES string of the molecule is CCOC(=O)c1cnc(N2CCN(c3ccc(-c4ncon4)c(S(C)(=O)=O)c3)C[C@H]2C(C)C)nc1C(F)(F)F. The zero-order valence-electron chi connectivity index (χ0n) is 21.6. The lowest BCUT2D eigenvalue weighted by Crippen LogP contribution is -2.56. The number of halogens is 3. The van der Waals surface area contributed by atoms with Crippen LogP contribution < -0.4 is 9.80 Å². The minimum Gasteiger partial charge on any atom is -0.462 e. The van der Waals surface area contributed by atoms with Gasteiger partial charge in [-0.25, -0.2) is 23.2 Å². The molecule has 0 spiro atoms. The van der Waals surface area contributed by atoms with E-state index in [1.54, 1.807) is 17.0 Å². The quantitative estimate of drug-likeness (QED) is 0.388. The average Bonchev–Trinajstić information content (AvgIpc) is 3.42. The second kappa shape index (κ2) is 10.8. The molecule has 0 bridgehead atoms. The van der Waals surface area contributed by atoms with Crippen molar-refractivity contribution in [3.8, 4) is 11.4 Å². The van der Waals surface area contributed by atoms with Crippen LogP contribution in [0.25, 0.3) is 11.4 Å². The van der Waals surface area contributed by atoms with Gasteiger partial charge in [0.1, 0.15) is 5.56 Å². The van der Waals surface area contributed by atoms with Gasteiger partial charge in [0.2, 0.25) is 18.2 Å². The van der Waals surface area contributed by atoms with Gasteiger partial charge in [0, 0.05) is 43.3 Å². The molecule has 3 heterocycles. The van der Waals surface area contributed by atoms with E-state index in [4.69, 9.17) is 9.26 Å². The normalized spacial score (nSPS) is 16.6. The highest BCUT2D eigenvalue weighted by Crippen LogP contribution is 2.34. The summed E-state index contributed by atoms with van der Waals surface area (Å²) >= 11 is 0. The summed E-state index contributed by atoms with van der Waals surface area (Å²) in [6.07, 6.45) is -1.85. The Balaban J connectivity index is 1.67. The average molecular weight is 569 g/mol. The highest BCUT2D eigenvalue weighted by atomic mass is 32.2. The second-order valence-electron chi connectivity index (χ2n) is 9.31. The molecule has 1 saturated heterocycles. The fourth-order valence-corrected chi connectivity index (χ4v) is 5.33. The second-order valence-corrected chi connectivity index (χ2v) is 11.3. The number of ether oxygens (including phenoxy) is 1. The number of aromatic nitrogens is 4. The van der Waals surface area contributed by atoms with Gasteiger partial charge in [-0.2, -0.15) is 18.2 Å². The van der Waals surface area contributed by atoms with Crippen molar-refractivity contribution in [1.82, 2.24) is 20.1 Å². The van der Waals surface area contributed by atoms with E-state index in [9.17, 15) is 26.4 Å². The summed E-state index contributed by atoms with van der Waals surface area (Å²) < 4.78 is 76.1. The molecule has 0 N–H and O–H groups in total. The van der Waals surface area contributed by atoms with E-state index >= 15 is 0 Å². The molecule has 0 amide bonds. The molecule has 1 aliphatic heterocycles. The van der Waals surface area contributed by atoms with E-state index in [0.29, 0.717) is 24.3 Å². The molecule has 3 aromatic rings. The standard InChI is InChI=1S/C24H27F3N6O5S/c1-5-37-22(34)17-11-28-23(30-20(17)24(25,26)27)33-9-8-32(12-18(33)14(2)3)15-6-7-16(21-29-13-38-31-21)19(10-15)39(4,35)36/h6-7,10-11,13-14,18H,5,8-9,12H2,1-4H3/t18-/m0/s1. The molecule has 0 radical (unpaired) electrons. The minimum absolute atomic E-state index is 0.0256. The smallest absolute Gasteiger partial charge is 0.434 e. The molecule has 4 rings (SSSR count). The molecule has 0 unspecified atom stereocenters. The minimum atomic E-state index is -4.89. The van der Waals surface area contributed by atoms with Crippen molar-refractivity contribution in [2.45, 2.75) is 37.9 Å². The van der Waals surface area contributed by atoms with Crippen LogP contribution in [-0.4, -0.2) is 73.0 Å². The van der Waals surface area contributed by atoms with Crippen molar-refractivity contribution < 1.29 is 35.6 Å². The van der Waals surface area contributed by atoms with Crippen LogP contribution in [0.15, 0.2) is 40.2 Å². The van der Waals surface area contributed by atoms with Crippen LogP contribution in [0.5, 0.6) is 0 Å². The molecule has 11 nitrogen and oxygen atoms in total. The van der Waals surface area contributed by atoms with Gasteiger partial charge in [0.05, 0.1) is 17.5 Å². The van der Waals surface area contributed by atoms with Crippen molar-refractivity contribution in [3.05, 3.63) is 42.0 Å². The fraction of sp³-hybridized carbons (Fsp3) is 0.458. The van der Waals surface area contributed by atoms with Gasteiger partial charge in [-0.15, -0.1) is 0 Å². The summed E-state index contributed by atoms with van der Waals surface area (Å²) in [7, 11) is -3.66. The summed E-state index contributed by atoms with van der Waals surface area (Å²) in [5.74, 6) is -1.20. The maximum atomic E-state index is 13.8. The first-order valence-corrected chi connectivity index (χ1v) is 13.9. The molecule has 210 valence electrons. The molecule has 1 atom stereocenters. The van der Waals surface area contributed by atoms with Crippen molar-refractivity contribution in [2.75, 3.05) is 42.3 Å². The fourth-order valence-electron chi connectivity index (χ4n) is 4.44. The van der Waals surface area contributed by atoms with Crippen LogP contribution in [0, 0.1) is 5.92 Å². The Morgan fingerprint density at radius 2 is 1.97 bits per heavy atom. The van der Waals surface area contributed by atoms with Gasteiger partial charge in [0.25, 0.3) is 0 Å². The number of rotatable bonds is 7. The van der Waals surface area contributed by atoms with Crippen LogP contribution in [0.2, 0.25) is 0 Å². The predicted molar refractivity (Wildman–Crippen MR) is 134 cm³/mol. The largest absolute Gasteiger partial charge is 0.462 e. The van der Waals surface area contributed by atoms with Crippen molar-refractivity contribution in [3.63, 3.8) is 0 Å². The van der Waals surface area contributed by atoms with Gasteiger partial charge >= 0.3 is 12.1 Å². The van der Waals surface area contributed by atoms with Gasteiger partial charge in [-0.05, 0) is 31.0 Å². The summed E-state index contributed by atoms with van der Waals surface area (Å²) in [5.41, 5.74) is -1.19. The van der Waals surface area contributed by atoms with Crippen LogP contribution in [0.3, 0.4) is 0 Å². The van der Waals surface area contributed by atoms with Gasteiger partial charge in [-0.1, -0.05) is 19.0 Å². The number of piperazine rings is 1. The molecule has 1 aliphatic rings. The predicted octanol–water partition coefficient (Wildman–Crippen LogP) is 3.48. The zero-order valence-corrected chi connectivity index (χ0v) is 22.5. The molecule has 1 fully saturated rings. The lowest BCUT2D eigenvalue weighted by atomic mass is 9.99. The van der Waals surface area contributed by atoms with Gasteiger partial charge in [0.15, 0.2) is 15.5 Å². The van der Waals surface area contributed by atoms with E-state index < -0.39 is 33.2 Å². The molecular weight excluding hydrogens is 541 g/mol. The Kier molecular flexibility index (Phi) is 7.82. The van der Waals surface area contributed by atoms with E-state index in [0.717, 1.165) is 18.8 Å². The highest BCUT2D eigenvalue weighted by molar-refractivity contribution is 7.90. The van der Waals surface area contributed by atoms with E-state index in [1.165, 1.54) is 13.0 Å². The number of hydrogen-bond donors (Lipinski definition) is 0. The Morgan fingerprint density at radius 3 is 2.56 bits per heavy atom. The maximum Gasteiger partial charge on any atom is 0.434 e. The highest BCUT2D eigenvalue weighted by Gasteiger charge is 2.40. The number of nitrogens with zero attached hydrogens (tertiary/aromatic N) is 6. The zero-order chi connectivity index (χ0) is 28.5. The summed E-state index contributed by atoms with van der Waals surface area (Å²) in [4.78, 5) is 27.5. The monoisotopic (exact) mass is 568 g/mol. The number of anilines is 2. The Hall–Kier alpha value is -3.75. The first-order valence-electron chi connectivity index (χ1n) is 12.0. The van der Waals surface area contributed by atoms with E-state index in [2.05, 4.69) is 20.1 Å². The number of esters is 1. The molecule has 2 aromatic heterocycles. The van der Waals surface area contributed by atoms with E-state index in [-0.39, 0.29) is 41.8 Å². The lowest BCUT2D eigenvalue weighted by Gasteiger charge is -2.44. The molecule has 0 aliphatic carbocycles. The number of benzene rings is 1. The van der Waals surface area contributed by atoms with Crippen LogP contribution in [0.1, 0.15) is 36.8 Å². The third-order valence-electron chi connectivity index (χ3n) is 6.32. The Labute approximate surface area is 222 Å². The van der Waals surface area contributed by atoms with Crippen LogP contribution >= 0.6 is 0 Å². The molecule has 1 aromatic carbocycles.